The summed E-state index contributed by atoms with van der Waals surface area (Å²) in [7, 11) is 0. The number of H-pyrrole nitrogens is 1. The third-order valence-electron chi connectivity index (χ3n) is 4.26. The van der Waals surface area contributed by atoms with Crippen LogP contribution >= 0.6 is 11.3 Å². The second kappa shape index (κ2) is 7.13. The first kappa shape index (κ1) is 16.5. The van der Waals surface area contributed by atoms with Crippen LogP contribution in [-0.4, -0.2) is 20.9 Å². The van der Waals surface area contributed by atoms with Gasteiger partial charge in [-0.2, -0.15) is 5.10 Å². The highest BCUT2D eigenvalue weighted by molar-refractivity contribution is 7.07. The summed E-state index contributed by atoms with van der Waals surface area (Å²) in [5.41, 5.74) is 3.69. The Balaban J connectivity index is 1.64. The Morgan fingerprint density at radius 3 is 2.93 bits per heavy atom. The van der Waals surface area contributed by atoms with E-state index in [-0.39, 0.29) is 0 Å². The number of hydrogen-bond donors (Lipinski definition) is 1. The molecular weight excluding hydrogens is 370 g/mol. The van der Waals surface area contributed by atoms with Gasteiger partial charge in [0.1, 0.15) is 5.69 Å². The van der Waals surface area contributed by atoms with Gasteiger partial charge in [-0.15, -0.1) is 11.3 Å². The molecule has 0 aliphatic carbocycles. The van der Waals surface area contributed by atoms with Crippen LogP contribution in [0.3, 0.4) is 0 Å². The number of pyridine rings is 1. The lowest BCUT2D eigenvalue weighted by Crippen LogP contribution is -2.11. The van der Waals surface area contributed by atoms with Crippen molar-refractivity contribution < 1.29 is 4.42 Å². The van der Waals surface area contributed by atoms with Crippen LogP contribution in [0.1, 0.15) is 5.56 Å². The van der Waals surface area contributed by atoms with Gasteiger partial charge in [0.15, 0.2) is 5.76 Å². The molecule has 0 fully saturated rings. The van der Waals surface area contributed by atoms with Crippen LogP contribution < -0.4 is 4.80 Å². The van der Waals surface area contributed by atoms with Crippen molar-refractivity contribution in [2.75, 3.05) is 0 Å². The van der Waals surface area contributed by atoms with E-state index in [0.717, 1.165) is 38.4 Å². The number of nitrogens with one attached hydrogen (secondary N) is 1. The van der Waals surface area contributed by atoms with E-state index in [1.54, 1.807) is 23.3 Å². The minimum Gasteiger partial charge on any atom is -0.463 e. The molecule has 0 amide bonds. The van der Waals surface area contributed by atoms with Gasteiger partial charge in [0.05, 0.1) is 24.4 Å². The Labute approximate surface area is 164 Å². The van der Waals surface area contributed by atoms with E-state index in [0.29, 0.717) is 0 Å². The second-order valence-corrected chi connectivity index (χ2v) is 6.89. The molecule has 7 heteroatoms. The predicted molar refractivity (Wildman–Crippen MR) is 111 cm³/mol. The first-order chi connectivity index (χ1) is 13.9. The highest BCUT2D eigenvalue weighted by Gasteiger charge is 2.10. The molecule has 1 aromatic carbocycles. The highest BCUT2D eigenvalue weighted by atomic mass is 32.1. The lowest BCUT2D eigenvalue weighted by Gasteiger charge is -2.00. The third-order valence-corrected chi connectivity index (χ3v) is 5.08. The van der Waals surface area contributed by atoms with Crippen molar-refractivity contribution in [2.45, 2.75) is 0 Å². The van der Waals surface area contributed by atoms with Crippen LogP contribution in [-0.2, 0) is 0 Å². The minimum absolute atomic E-state index is 0.732. The maximum Gasteiger partial charge on any atom is 0.211 e. The molecule has 0 radical (unpaired) electrons. The molecular formula is C21H15N5OS. The van der Waals surface area contributed by atoms with Gasteiger partial charge >= 0.3 is 0 Å². The largest absolute Gasteiger partial charge is 0.463 e. The molecule has 136 valence electrons. The zero-order valence-corrected chi connectivity index (χ0v) is 15.5. The third kappa shape index (κ3) is 3.08. The topological polar surface area (TPSA) is 71.5 Å². The number of para-hydroxylation sites is 1. The fourth-order valence-corrected chi connectivity index (χ4v) is 3.77. The highest BCUT2D eigenvalue weighted by Crippen LogP contribution is 2.22. The summed E-state index contributed by atoms with van der Waals surface area (Å²) in [6, 6.07) is 15.7. The molecule has 0 saturated carbocycles. The number of hydrogen-bond acceptors (Lipinski definition) is 5. The fourth-order valence-electron chi connectivity index (χ4n) is 2.93. The van der Waals surface area contributed by atoms with Crippen LogP contribution in [0.2, 0.25) is 0 Å². The number of nitrogens with zero attached hydrogens (tertiary/aromatic N) is 4. The summed E-state index contributed by atoms with van der Waals surface area (Å²) in [6.07, 6.45) is 8.88. The normalized spacial score (nSPS) is 12.4. The zero-order valence-electron chi connectivity index (χ0n) is 14.7. The first-order valence-corrected chi connectivity index (χ1v) is 9.56. The molecule has 5 aromatic rings. The van der Waals surface area contributed by atoms with Crippen LogP contribution in [0.5, 0.6) is 0 Å². The van der Waals surface area contributed by atoms with Gasteiger partial charge < -0.3 is 9.40 Å². The number of aromatic nitrogens is 3. The van der Waals surface area contributed by atoms with Gasteiger partial charge in [-0.3, -0.25) is 4.98 Å². The van der Waals surface area contributed by atoms with Crippen molar-refractivity contribution >= 4 is 34.1 Å². The molecule has 0 atom stereocenters. The molecule has 0 spiro atoms. The monoisotopic (exact) mass is 385 g/mol. The van der Waals surface area contributed by atoms with Gasteiger partial charge in [0.2, 0.25) is 4.80 Å². The molecule has 0 aliphatic heterocycles. The standard InChI is InChI=1S/C21H15N5OS/c1-2-7-18-17(6-1)15(11-23-18)12-24-26-19(20-8-4-10-27-20)14-28-21(26)25-16-5-3-9-22-13-16/h1-14,23H. The number of aromatic amines is 1. The lowest BCUT2D eigenvalue weighted by atomic mass is 10.2. The SMILES string of the molecule is C(=Nn1c(-c2ccco2)csc1=Nc1cccnc1)c1c[nH]c2ccccc12. The molecule has 0 aliphatic rings. The Morgan fingerprint density at radius 1 is 1.11 bits per heavy atom. The van der Waals surface area contributed by atoms with Crippen molar-refractivity contribution in [3.63, 3.8) is 0 Å². The van der Waals surface area contributed by atoms with Gasteiger partial charge in [0.25, 0.3) is 0 Å². The Morgan fingerprint density at radius 2 is 2.07 bits per heavy atom. The summed E-state index contributed by atoms with van der Waals surface area (Å²) < 4.78 is 7.37. The van der Waals surface area contributed by atoms with Crippen LogP contribution in [0.15, 0.2) is 93.3 Å². The minimum atomic E-state index is 0.732. The maximum absolute atomic E-state index is 5.58. The molecule has 5 rings (SSSR count). The Bertz CT molecular complexity index is 1310. The molecule has 0 unspecified atom stereocenters. The van der Waals surface area contributed by atoms with E-state index in [2.05, 4.69) is 21.0 Å². The lowest BCUT2D eigenvalue weighted by molar-refractivity contribution is 0.575. The van der Waals surface area contributed by atoms with Crippen LogP contribution in [0.4, 0.5) is 5.69 Å². The fraction of sp³-hybridized carbons (Fsp3) is 0. The Hall–Kier alpha value is -3.71. The summed E-state index contributed by atoms with van der Waals surface area (Å²) in [6.45, 7) is 0. The first-order valence-electron chi connectivity index (χ1n) is 8.68. The van der Waals surface area contributed by atoms with Crippen molar-refractivity contribution in [3.8, 4) is 11.5 Å². The smallest absolute Gasteiger partial charge is 0.211 e. The number of fused-ring (bicyclic) bond motifs is 1. The van der Waals surface area contributed by atoms with Gasteiger partial charge in [-0.25, -0.2) is 9.67 Å². The quantitative estimate of drug-likeness (QED) is 0.451. The summed E-state index contributed by atoms with van der Waals surface area (Å²) in [5.74, 6) is 0.736. The number of benzene rings is 1. The van der Waals surface area contributed by atoms with E-state index in [4.69, 9.17) is 9.52 Å². The van der Waals surface area contributed by atoms with Gasteiger partial charge in [-0.1, -0.05) is 18.2 Å². The Kier molecular flexibility index (Phi) is 4.19. The van der Waals surface area contributed by atoms with Crippen molar-refractivity contribution in [1.29, 1.82) is 0 Å². The van der Waals surface area contributed by atoms with E-state index >= 15 is 0 Å². The molecule has 0 bridgehead atoms. The average Bonchev–Trinajstić information content (AvgIpc) is 3.47. The van der Waals surface area contributed by atoms with Crippen molar-refractivity contribution in [2.24, 2.45) is 10.1 Å². The molecule has 28 heavy (non-hydrogen) atoms. The van der Waals surface area contributed by atoms with Crippen molar-refractivity contribution in [3.05, 3.63) is 89.1 Å². The van der Waals surface area contributed by atoms with E-state index in [9.17, 15) is 0 Å². The molecule has 4 heterocycles. The zero-order chi connectivity index (χ0) is 18.8. The number of thiazole rings is 1. The average molecular weight is 385 g/mol. The van der Waals surface area contributed by atoms with Gasteiger partial charge in [0, 0.05) is 34.2 Å². The molecule has 4 aromatic heterocycles. The van der Waals surface area contributed by atoms with E-state index in [1.165, 1.54) is 11.3 Å². The summed E-state index contributed by atoms with van der Waals surface area (Å²) in [4.78, 5) is 12.8. The molecule has 0 saturated heterocycles. The van der Waals surface area contributed by atoms with Crippen LogP contribution in [0, 0.1) is 0 Å². The van der Waals surface area contributed by atoms with Crippen molar-refractivity contribution in [1.82, 2.24) is 14.6 Å². The maximum atomic E-state index is 5.58. The van der Waals surface area contributed by atoms with E-state index < -0.39 is 0 Å². The predicted octanol–water partition coefficient (Wildman–Crippen LogP) is 4.80. The van der Waals surface area contributed by atoms with Crippen LogP contribution in [0.25, 0.3) is 22.4 Å². The summed E-state index contributed by atoms with van der Waals surface area (Å²) in [5, 5.41) is 7.82. The summed E-state index contributed by atoms with van der Waals surface area (Å²) >= 11 is 1.50. The molecule has 1 N–H and O–H groups in total. The van der Waals surface area contributed by atoms with E-state index in [1.807, 2.05) is 60.3 Å². The molecule has 6 nitrogen and oxygen atoms in total. The second-order valence-electron chi connectivity index (χ2n) is 6.05. The number of furan rings is 1. The van der Waals surface area contributed by atoms with Gasteiger partial charge in [-0.05, 0) is 30.3 Å². The number of rotatable bonds is 4.